The molecule has 1 fully saturated rings. The number of aryl methyl sites for hydroxylation is 1. The second kappa shape index (κ2) is 3.96. The standard InChI is InChI=1S/C11H15N5O/c1-6-9-10(13-5-14-11(9)17-16-6)15-8-4-2-3-7(8)12/h5,7-8H,2-4,12H2,1H3,(H,13,14,15). The zero-order chi connectivity index (χ0) is 11.8. The van der Waals surface area contributed by atoms with Gasteiger partial charge in [-0.15, -0.1) is 0 Å². The molecule has 0 spiro atoms. The van der Waals surface area contributed by atoms with Crippen molar-refractivity contribution in [2.75, 3.05) is 5.32 Å². The number of anilines is 1. The molecule has 6 nitrogen and oxygen atoms in total. The summed E-state index contributed by atoms with van der Waals surface area (Å²) in [7, 11) is 0. The van der Waals surface area contributed by atoms with Crippen LogP contribution in [0.2, 0.25) is 0 Å². The van der Waals surface area contributed by atoms with Crippen molar-refractivity contribution in [3.63, 3.8) is 0 Å². The van der Waals surface area contributed by atoms with Crippen molar-refractivity contribution in [1.82, 2.24) is 15.1 Å². The summed E-state index contributed by atoms with van der Waals surface area (Å²) in [5.41, 5.74) is 7.36. The summed E-state index contributed by atoms with van der Waals surface area (Å²) in [4.78, 5) is 8.30. The SMILES string of the molecule is Cc1noc2ncnc(NC3CCCC3N)c12. The Bertz CT molecular complexity index is 538. The van der Waals surface area contributed by atoms with Gasteiger partial charge in [-0.3, -0.25) is 0 Å². The van der Waals surface area contributed by atoms with Gasteiger partial charge in [-0.2, -0.15) is 4.98 Å². The molecule has 2 atom stereocenters. The van der Waals surface area contributed by atoms with Crippen molar-refractivity contribution in [3.8, 4) is 0 Å². The van der Waals surface area contributed by atoms with Gasteiger partial charge in [0.25, 0.3) is 5.71 Å². The Hall–Kier alpha value is -1.69. The Balaban J connectivity index is 1.97. The summed E-state index contributed by atoms with van der Waals surface area (Å²) in [5.74, 6) is 0.774. The molecule has 0 aliphatic heterocycles. The van der Waals surface area contributed by atoms with E-state index in [1.54, 1.807) is 0 Å². The second-order valence-electron chi connectivity index (χ2n) is 4.52. The Morgan fingerprint density at radius 1 is 1.41 bits per heavy atom. The maximum Gasteiger partial charge on any atom is 0.263 e. The van der Waals surface area contributed by atoms with Crippen LogP contribution in [0.1, 0.15) is 25.0 Å². The first-order valence-electron chi connectivity index (χ1n) is 5.85. The third kappa shape index (κ3) is 1.74. The third-order valence-electron chi connectivity index (χ3n) is 3.33. The third-order valence-corrected chi connectivity index (χ3v) is 3.33. The van der Waals surface area contributed by atoms with Gasteiger partial charge in [-0.05, 0) is 26.2 Å². The van der Waals surface area contributed by atoms with Crippen LogP contribution in [-0.4, -0.2) is 27.2 Å². The molecule has 1 aliphatic carbocycles. The van der Waals surface area contributed by atoms with Crippen LogP contribution in [0.5, 0.6) is 0 Å². The molecule has 17 heavy (non-hydrogen) atoms. The Kier molecular flexibility index (Phi) is 2.44. The number of nitrogens with two attached hydrogens (primary N) is 1. The number of fused-ring (bicyclic) bond motifs is 1. The van der Waals surface area contributed by atoms with Crippen LogP contribution in [0.4, 0.5) is 5.82 Å². The van der Waals surface area contributed by atoms with Gasteiger partial charge >= 0.3 is 0 Å². The molecule has 6 heteroatoms. The molecule has 1 saturated carbocycles. The fourth-order valence-electron chi connectivity index (χ4n) is 2.38. The van der Waals surface area contributed by atoms with Crippen LogP contribution in [0.25, 0.3) is 11.1 Å². The van der Waals surface area contributed by atoms with Gasteiger partial charge in [0.1, 0.15) is 17.5 Å². The van der Waals surface area contributed by atoms with Crippen LogP contribution < -0.4 is 11.1 Å². The first kappa shape index (κ1) is 10.5. The molecule has 2 aromatic rings. The van der Waals surface area contributed by atoms with Crippen LogP contribution in [0.3, 0.4) is 0 Å². The highest BCUT2D eigenvalue weighted by molar-refractivity contribution is 5.87. The minimum atomic E-state index is 0.195. The minimum Gasteiger partial charge on any atom is -0.365 e. The zero-order valence-corrected chi connectivity index (χ0v) is 9.68. The molecule has 2 aromatic heterocycles. The highest BCUT2D eigenvalue weighted by atomic mass is 16.5. The van der Waals surface area contributed by atoms with Crippen LogP contribution >= 0.6 is 0 Å². The molecule has 0 saturated heterocycles. The maximum atomic E-state index is 6.04. The average molecular weight is 233 g/mol. The number of rotatable bonds is 2. The Morgan fingerprint density at radius 3 is 3.06 bits per heavy atom. The smallest absolute Gasteiger partial charge is 0.263 e. The zero-order valence-electron chi connectivity index (χ0n) is 9.68. The first-order valence-corrected chi connectivity index (χ1v) is 5.85. The van der Waals surface area contributed by atoms with E-state index in [9.17, 15) is 0 Å². The molecule has 0 bridgehead atoms. The lowest BCUT2D eigenvalue weighted by molar-refractivity contribution is 0.442. The Labute approximate surface area is 98.6 Å². The molecule has 90 valence electrons. The van der Waals surface area contributed by atoms with Gasteiger partial charge in [0.2, 0.25) is 0 Å². The van der Waals surface area contributed by atoms with Crippen LogP contribution in [0, 0.1) is 6.92 Å². The number of aromatic nitrogens is 3. The molecular weight excluding hydrogens is 218 g/mol. The van der Waals surface area contributed by atoms with Crippen molar-refractivity contribution in [1.29, 1.82) is 0 Å². The summed E-state index contributed by atoms with van der Waals surface area (Å²) in [6.45, 7) is 1.88. The molecular formula is C11H15N5O. The number of nitrogens with zero attached hydrogens (tertiary/aromatic N) is 3. The van der Waals surface area contributed by atoms with E-state index in [2.05, 4.69) is 20.4 Å². The number of hydrogen-bond acceptors (Lipinski definition) is 6. The minimum absolute atomic E-state index is 0.195. The van der Waals surface area contributed by atoms with Gasteiger partial charge in [-0.25, -0.2) is 4.98 Å². The molecule has 2 unspecified atom stereocenters. The lowest BCUT2D eigenvalue weighted by Crippen LogP contribution is -2.35. The molecule has 0 radical (unpaired) electrons. The van der Waals surface area contributed by atoms with Crippen LogP contribution in [-0.2, 0) is 0 Å². The predicted molar refractivity (Wildman–Crippen MR) is 63.6 cm³/mol. The number of hydrogen-bond donors (Lipinski definition) is 2. The second-order valence-corrected chi connectivity index (χ2v) is 4.52. The Morgan fingerprint density at radius 2 is 2.29 bits per heavy atom. The van der Waals surface area contributed by atoms with Gasteiger partial charge in [0, 0.05) is 12.1 Å². The molecule has 3 rings (SSSR count). The molecule has 0 aromatic carbocycles. The van der Waals surface area contributed by atoms with E-state index >= 15 is 0 Å². The van der Waals surface area contributed by atoms with E-state index in [1.807, 2.05) is 6.92 Å². The van der Waals surface area contributed by atoms with Crippen molar-refractivity contribution in [2.45, 2.75) is 38.3 Å². The molecule has 0 amide bonds. The van der Waals surface area contributed by atoms with Crippen molar-refractivity contribution < 1.29 is 4.52 Å². The fourth-order valence-corrected chi connectivity index (χ4v) is 2.38. The highest BCUT2D eigenvalue weighted by Crippen LogP contribution is 2.26. The van der Waals surface area contributed by atoms with Crippen molar-refractivity contribution >= 4 is 16.9 Å². The predicted octanol–water partition coefficient (Wildman–Crippen LogP) is 1.22. The van der Waals surface area contributed by atoms with E-state index in [-0.39, 0.29) is 12.1 Å². The van der Waals surface area contributed by atoms with E-state index in [0.29, 0.717) is 5.71 Å². The fraction of sp³-hybridized carbons (Fsp3) is 0.545. The van der Waals surface area contributed by atoms with E-state index in [1.165, 1.54) is 6.33 Å². The summed E-state index contributed by atoms with van der Waals surface area (Å²) in [6, 6.07) is 0.475. The normalized spacial score (nSPS) is 24.4. The summed E-state index contributed by atoms with van der Waals surface area (Å²) < 4.78 is 5.11. The topological polar surface area (TPSA) is 89.9 Å². The van der Waals surface area contributed by atoms with E-state index in [4.69, 9.17) is 10.3 Å². The van der Waals surface area contributed by atoms with Crippen molar-refractivity contribution in [2.24, 2.45) is 5.73 Å². The summed E-state index contributed by atoms with van der Waals surface area (Å²) in [6.07, 6.45) is 4.79. The van der Waals surface area contributed by atoms with Gasteiger partial charge < -0.3 is 15.6 Å². The molecule has 3 N–H and O–H groups in total. The largest absolute Gasteiger partial charge is 0.365 e. The van der Waals surface area contributed by atoms with E-state index < -0.39 is 0 Å². The van der Waals surface area contributed by atoms with Crippen molar-refractivity contribution in [3.05, 3.63) is 12.0 Å². The lowest BCUT2D eigenvalue weighted by Gasteiger charge is -2.17. The monoisotopic (exact) mass is 233 g/mol. The van der Waals surface area contributed by atoms with E-state index in [0.717, 1.165) is 36.2 Å². The van der Waals surface area contributed by atoms with Gasteiger partial charge in [0.15, 0.2) is 0 Å². The maximum absolute atomic E-state index is 6.04. The molecule has 1 aliphatic rings. The first-order chi connectivity index (χ1) is 8.25. The lowest BCUT2D eigenvalue weighted by atomic mass is 10.2. The summed E-state index contributed by atoms with van der Waals surface area (Å²) in [5, 5.41) is 8.14. The quantitative estimate of drug-likeness (QED) is 0.810. The van der Waals surface area contributed by atoms with Crippen LogP contribution in [0.15, 0.2) is 10.9 Å². The summed E-state index contributed by atoms with van der Waals surface area (Å²) >= 11 is 0. The number of nitrogens with one attached hydrogen (secondary N) is 1. The van der Waals surface area contributed by atoms with Gasteiger partial charge in [-0.1, -0.05) is 5.16 Å². The highest BCUT2D eigenvalue weighted by Gasteiger charge is 2.25. The van der Waals surface area contributed by atoms with Gasteiger partial charge in [0.05, 0.1) is 5.69 Å². The molecule has 2 heterocycles. The average Bonchev–Trinajstić information content (AvgIpc) is 2.88.